The number of benzene rings is 4. The van der Waals surface area contributed by atoms with E-state index in [2.05, 4.69) is 9.97 Å². The zero-order valence-corrected chi connectivity index (χ0v) is 19.6. The summed E-state index contributed by atoms with van der Waals surface area (Å²) in [6.07, 6.45) is 3.47. The van der Waals surface area contributed by atoms with Crippen LogP contribution in [0.1, 0.15) is 0 Å². The molecule has 2 heterocycles. The van der Waals surface area contributed by atoms with Crippen LogP contribution in [-0.4, -0.2) is 15.1 Å². The highest BCUT2D eigenvalue weighted by atomic mass is 31.2. The van der Waals surface area contributed by atoms with Gasteiger partial charge in [-0.2, -0.15) is 0 Å². The average Bonchev–Trinajstić information content (AvgIpc) is 2.93. The molecule has 0 spiro atoms. The quantitative estimate of drug-likeness (QED) is 0.330. The zero-order valence-electron chi connectivity index (χ0n) is 18.7. The maximum absolute atomic E-state index is 15.4. The number of aromatic hydroxyl groups is 1. The van der Waals surface area contributed by atoms with Crippen LogP contribution in [-0.2, 0) is 4.57 Å². The second kappa shape index (κ2) is 8.50. The van der Waals surface area contributed by atoms with E-state index in [9.17, 15) is 5.11 Å². The Morgan fingerprint density at radius 2 is 1.06 bits per heavy atom. The minimum absolute atomic E-state index is 0.107. The Bertz CT molecular complexity index is 1690. The first-order valence-corrected chi connectivity index (χ1v) is 13.1. The van der Waals surface area contributed by atoms with Crippen molar-refractivity contribution in [2.24, 2.45) is 0 Å². The highest BCUT2D eigenvalue weighted by molar-refractivity contribution is 7.85. The summed E-state index contributed by atoms with van der Waals surface area (Å²) >= 11 is 0. The smallest absolute Gasteiger partial charge is 0.171 e. The first kappa shape index (κ1) is 21.3. The van der Waals surface area contributed by atoms with Gasteiger partial charge in [0, 0.05) is 50.2 Å². The summed E-state index contributed by atoms with van der Waals surface area (Å²) in [6.45, 7) is 0. The lowest BCUT2D eigenvalue weighted by Crippen LogP contribution is -2.26. The Hall–Kier alpha value is -4.27. The lowest BCUT2D eigenvalue weighted by atomic mass is 9.96. The molecule has 0 saturated carbocycles. The van der Waals surface area contributed by atoms with Gasteiger partial charge in [-0.1, -0.05) is 72.8 Å². The fraction of sp³-hybridized carbons (Fsp3) is 0. The van der Waals surface area contributed by atoms with Crippen LogP contribution in [0.5, 0.6) is 5.75 Å². The van der Waals surface area contributed by atoms with Gasteiger partial charge in [-0.3, -0.25) is 9.97 Å². The average molecular weight is 472 g/mol. The van der Waals surface area contributed by atoms with E-state index in [1.165, 1.54) is 0 Å². The third-order valence-electron chi connectivity index (χ3n) is 6.36. The minimum Gasteiger partial charge on any atom is -0.507 e. The van der Waals surface area contributed by atoms with Crippen molar-refractivity contribution < 1.29 is 9.67 Å². The molecule has 0 amide bonds. The van der Waals surface area contributed by atoms with Crippen LogP contribution in [0.2, 0.25) is 0 Å². The summed E-state index contributed by atoms with van der Waals surface area (Å²) in [7, 11) is -3.34. The van der Waals surface area contributed by atoms with Gasteiger partial charge in [-0.25, -0.2) is 0 Å². The molecule has 0 aliphatic carbocycles. The topological polar surface area (TPSA) is 63.1 Å². The lowest BCUT2D eigenvalue weighted by molar-refractivity contribution is 0.478. The normalized spacial score (nSPS) is 11.7. The third-order valence-corrected chi connectivity index (χ3v) is 9.46. The molecule has 1 N–H and O–H groups in total. The van der Waals surface area contributed by atoms with Gasteiger partial charge in [-0.05, 0) is 36.4 Å². The zero-order chi connectivity index (χ0) is 23.8. The van der Waals surface area contributed by atoms with Crippen molar-refractivity contribution in [3.8, 4) is 16.9 Å². The molecule has 6 rings (SSSR count). The van der Waals surface area contributed by atoms with Gasteiger partial charge in [0.05, 0.1) is 11.0 Å². The molecule has 0 fully saturated rings. The Labute approximate surface area is 202 Å². The summed E-state index contributed by atoms with van der Waals surface area (Å²) in [6, 6.07) is 34.0. The largest absolute Gasteiger partial charge is 0.507 e. The fourth-order valence-corrected chi connectivity index (χ4v) is 7.64. The number of hydrogen-bond acceptors (Lipinski definition) is 4. The number of pyridine rings is 2. The molecule has 0 unspecified atom stereocenters. The van der Waals surface area contributed by atoms with Crippen molar-refractivity contribution in [3.63, 3.8) is 0 Å². The number of hydrogen-bond donors (Lipinski definition) is 1. The highest BCUT2D eigenvalue weighted by Gasteiger charge is 2.34. The minimum atomic E-state index is -3.34. The van der Waals surface area contributed by atoms with Crippen molar-refractivity contribution in [2.45, 2.75) is 0 Å². The molecule has 5 heteroatoms. The van der Waals surface area contributed by atoms with Crippen LogP contribution in [0.25, 0.3) is 32.9 Å². The van der Waals surface area contributed by atoms with Crippen LogP contribution < -0.4 is 15.9 Å². The van der Waals surface area contributed by atoms with E-state index in [0.29, 0.717) is 16.4 Å². The Morgan fingerprint density at radius 3 is 1.63 bits per heavy atom. The number of rotatable bonds is 4. The summed E-state index contributed by atoms with van der Waals surface area (Å²) in [4.78, 5) is 9.06. The lowest BCUT2D eigenvalue weighted by Gasteiger charge is -2.24. The number of aromatic nitrogens is 2. The molecule has 0 atom stereocenters. The molecular formula is C30H21N2O2P. The number of nitrogens with zero attached hydrogens (tertiary/aromatic N) is 2. The highest BCUT2D eigenvalue weighted by Crippen LogP contribution is 2.49. The summed E-state index contributed by atoms with van der Waals surface area (Å²) in [5.74, 6) is 0.107. The molecule has 6 aromatic rings. The first-order chi connectivity index (χ1) is 17.2. The third kappa shape index (κ3) is 3.42. The molecule has 0 saturated heterocycles. The Morgan fingerprint density at radius 1 is 0.543 bits per heavy atom. The molecule has 0 radical (unpaired) electrons. The first-order valence-electron chi connectivity index (χ1n) is 11.3. The number of phenolic OH excluding ortho intramolecular Hbond substituents is 1. The predicted octanol–water partition coefficient (Wildman–Crippen LogP) is 5.80. The van der Waals surface area contributed by atoms with Crippen LogP contribution >= 0.6 is 7.14 Å². The Balaban J connectivity index is 1.82. The van der Waals surface area contributed by atoms with E-state index < -0.39 is 7.14 Å². The SMILES string of the molecule is O=P(c1ccccc1)(c1ccccc1)c1ccc2ncccc2c1-c1c(O)ccc2ncccc12. The van der Waals surface area contributed by atoms with Gasteiger partial charge in [-0.15, -0.1) is 0 Å². The van der Waals surface area contributed by atoms with E-state index in [-0.39, 0.29) is 5.75 Å². The molecule has 35 heavy (non-hydrogen) atoms. The summed E-state index contributed by atoms with van der Waals surface area (Å²) in [5.41, 5.74) is 2.83. The van der Waals surface area contributed by atoms with Gasteiger partial charge in [0.2, 0.25) is 0 Å². The molecule has 0 aliphatic rings. The molecule has 2 aromatic heterocycles. The van der Waals surface area contributed by atoms with Crippen LogP contribution in [0, 0.1) is 0 Å². The van der Waals surface area contributed by atoms with Gasteiger partial charge in [0.25, 0.3) is 0 Å². The van der Waals surface area contributed by atoms with Crippen LogP contribution in [0.4, 0.5) is 0 Å². The van der Waals surface area contributed by atoms with Crippen LogP contribution in [0.15, 0.2) is 122 Å². The van der Waals surface area contributed by atoms with Crippen LogP contribution in [0.3, 0.4) is 0 Å². The molecule has 0 aliphatic heterocycles. The van der Waals surface area contributed by atoms with Crippen molar-refractivity contribution in [2.75, 3.05) is 0 Å². The van der Waals surface area contributed by atoms with Gasteiger partial charge in [0.1, 0.15) is 5.75 Å². The second-order valence-corrected chi connectivity index (χ2v) is 11.1. The molecule has 4 nitrogen and oxygen atoms in total. The van der Waals surface area contributed by atoms with Crippen molar-refractivity contribution >= 4 is 44.9 Å². The fourth-order valence-electron chi connectivity index (χ4n) is 4.77. The van der Waals surface area contributed by atoms with Crippen molar-refractivity contribution in [1.29, 1.82) is 0 Å². The maximum Gasteiger partial charge on any atom is 0.171 e. The van der Waals surface area contributed by atoms with E-state index in [1.807, 2.05) is 97.1 Å². The molecule has 4 aromatic carbocycles. The number of phenols is 1. The monoisotopic (exact) mass is 472 g/mol. The predicted molar refractivity (Wildman–Crippen MR) is 144 cm³/mol. The molecule has 168 valence electrons. The van der Waals surface area contributed by atoms with E-state index >= 15 is 4.57 Å². The molecular weight excluding hydrogens is 451 g/mol. The molecule has 0 bridgehead atoms. The van der Waals surface area contributed by atoms with Gasteiger partial charge >= 0.3 is 0 Å². The van der Waals surface area contributed by atoms with E-state index in [4.69, 9.17) is 0 Å². The Kier molecular flexibility index (Phi) is 5.17. The second-order valence-electron chi connectivity index (χ2n) is 8.34. The summed E-state index contributed by atoms with van der Waals surface area (Å²) < 4.78 is 15.4. The van der Waals surface area contributed by atoms with E-state index in [1.54, 1.807) is 24.5 Å². The number of fused-ring (bicyclic) bond motifs is 2. The summed E-state index contributed by atoms with van der Waals surface area (Å²) in [5, 5.41) is 14.9. The van der Waals surface area contributed by atoms with Gasteiger partial charge < -0.3 is 9.67 Å². The van der Waals surface area contributed by atoms with E-state index in [0.717, 1.165) is 32.4 Å². The van der Waals surface area contributed by atoms with Crippen molar-refractivity contribution in [3.05, 3.63) is 122 Å². The standard InChI is InChI=1S/C30H21N2O2P/c33-27-17-15-25-23(13-7-19-31-25)29(27)30-24-14-8-20-32-26(24)16-18-28(30)35(34,21-9-3-1-4-10-21)22-11-5-2-6-12-22/h1-20,33H. The van der Waals surface area contributed by atoms with Gasteiger partial charge in [0.15, 0.2) is 7.14 Å². The maximum atomic E-state index is 15.4. The van der Waals surface area contributed by atoms with Crippen molar-refractivity contribution in [1.82, 2.24) is 9.97 Å².